The SMILES string of the molecule is Cc1nc(Cl)ccc1NS(=O)(=O)c1cc(Cl)ccc1Cl. The molecule has 1 heterocycles. The van der Waals surface area contributed by atoms with Crippen LogP contribution in [0.1, 0.15) is 5.69 Å². The lowest BCUT2D eigenvalue weighted by molar-refractivity contribution is 0.601. The van der Waals surface area contributed by atoms with Crippen molar-refractivity contribution in [2.24, 2.45) is 0 Å². The van der Waals surface area contributed by atoms with Gasteiger partial charge in [0.2, 0.25) is 0 Å². The van der Waals surface area contributed by atoms with Crippen LogP contribution in [-0.2, 0) is 10.0 Å². The number of aryl methyl sites for hydroxylation is 1. The van der Waals surface area contributed by atoms with Gasteiger partial charge in [0.25, 0.3) is 10.0 Å². The topological polar surface area (TPSA) is 59.1 Å². The Morgan fingerprint density at radius 2 is 1.80 bits per heavy atom. The van der Waals surface area contributed by atoms with Gasteiger partial charge in [-0.2, -0.15) is 0 Å². The van der Waals surface area contributed by atoms with Gasteiger partial charge in [0, 0.05) is 5.02 Å². The first kappa shape index (κ1) is 15.4. The third-order valence-electron chi connectivity index (χ3n) is 2.48. The predicted octanol–water partition coefficient (Wildman–Crippen LogP) is 4.15. The van der Waals surface area contributed by atoms with Crippen LogP contribution in [0.5, 0.6) is 0 Å². The number of nitrogens with zero attached hydrogens (tertiary/aromatic N) is 1. The molecule has 0 aliphatic carbocycles. The predicted molar refractivity (Wildman–Crippen MR) is 81.3 cm³/mol. The quantitative estimate of drug-likeness (QED) is 0.845. The summed E-state index contributed by atoms with van der Waals surface area (Å²) in [6, 6.07) is 7.24. The lowest BCUT2D eigenvalue weighted by atomic mass is 10.3. The second kappa shape index (κ2) is 5.77. The lowest BCUT2D eigenvalue weighted by Crippen LogP contribution is -2.14. The molecule has 0 atom stereocenters. The highest BCUT2D eigenvalue weighted by molar-refractivity contribution is 7.92. The van der Waals surface area contributed by atoms with Crippen LogP contribution in [0.4, 0.5) is 5.69 Å². The van der Waals surface area contributed by atoms with Crippen molar-refractivity contribution in [1.82, 2.24) is 4.98 Å². The van der Waals surface area contributed by atoms with E-state index in [1.807, 2.05) is 0 Å². The molecule has 106 valence electrons. The number of halogens is 3. The zero-order valence-electron chi connectivity index (χ0n) is 10.2. The minimum absolute atomic E-state index is 0.0847. The van der Waals surface area contributed by atoms with Crippen molar-refractivity contribution >= 4 is 50.5 Å². The van der Waals surface area contributed by atoms with Gasteiger partial charge in [-0.05, 0) is 37.3 Å². The largest absolute Gasteiger partial charge is 0.278 e. The molecule has 0 unspecified atom stereocenters. The van der Waals surface area contributed by atoms with Gasteiger partial charge in [0.05, 0.1) is 16.4 Å². The van der Waals surface area contributed by atoms with Gasteiger partial charge in [0.1, 0.15) is 10.0 Å². The Hall–Kier alpha value is -1.01. The van der Waals surface area contributed by atoms with E-state index >= 15 is 0 Å². The summed E-state index contributed by atoms with van der Waals surface area (Å²) in [4.78, 5) is 3.87. The van der Waals surface area contributed by atoms with Gasteiger partial charge in [0.15, 0.2) is 0 Å². The molecule has 0 aliphatic heterocycles. The fourth-order valence-electron chi connectivity index (χ4n) is 1.52. The second-order valence-electron chi connectivity index (χ2n) is 3.95. The molecule has 0 saturated heterocycles. The van der Waals surface area contributed by atoms with E-state index in [1.165, 1.54) is 30.3 Å². The van der Waals surface area contributed by atoms with E-state index < -0.39 is 10.0 Å². The van der Waals surface area contributed by atoms with E-state index in [2.05, 4.69) is 9.71 Å². The average molecular weight is 352 g/mol. The molecule has 20 heavy (non-hydrogen) atoms. The van der Waals surface area contributed by atoms with Crippen molar-refractivity contribution in [3.8, 4) is 0 Å². The summed E-state index contributed by atoms with van der Waals surface area (Å²) >= 11 is 17.4. The van der Waals surface area contributed by atoms with Crippen LogP contribution in [0.25, 0.3) is 0 Å². The fourth-order valence-corrected chi connectivity index (χ4v) is 3.59. The van der Waals surface area contributed by atoms with Crippen molar-refractivity contribution in [1.29, 1.82) is 0 Å². The van der Waals surface area contributed by atoms with Gasteiger partial charge in [-0.3, -0.25) is 4.72 Å². The number of pyridine rings is 1. The van der Waals surface area contributed by atoms with Gasteiger partial charge in [-0.1, -0.05) is 34.8 Å². The van der Waals surface area contributed by atoms with Gasteiger partial charge in [-0.15, -0.1) is 0 Å². The fraction of sp³-hybridized carbons (Fsp3) is 0.0833. The molecule has 0 fully saturated rings. The molecule has 1 N–H and O–H groups in total. The molecule has 8 heteroatoms. The highest BCUT2D eigenvalue weighted by atomic mass is 35.5. The molecule has 1 aromatic carbocycles. The Morgan fingerprint density at radius 3 is 2.45 bits per heavy atom. The van der Waals surface area contributed by atoms with Crippen LogP contribution in [0.15, 0.2) is 35.2 Å². The van der Waals surface area contributed by atoms with E-state index in [1.54, 1.807) is 6.92 Å². The van der Waals surface area contributed by atoms with E-state index in [0.29, 0.717) is 11.4 Å². The number of rotatable bonds is 3. The lowest BCUT2D eigenvalue weighted by Gasteiger charge is -2.11. The molecular formula is C12H9Cl3N2O2S. The van der Waals surface area contributed by atoms with E-state index in [-0.39, 0.29) is 20.1 Å². The maximum atomic E-state index is 12.3. The highest BCUT2D eigenvalue weighted by Crippen LogP contribution is 2.27. The average Bonchev–Trinajstić information content (AvgIpc) is 2.35. The van der Waals surface area contributed by atoms with Crippen molar-refractivity contribution in [3.63, 3.8) is 0 Å². The number of hydrogen-bond acceptors (Lipinski definition) is 3. The van der Waals surface area contributed by atoms with Crippen LogP contribution in [0.3, 0.4) is 0 Å². The number of nitrogens with one attached hydrogen (secondary N) is 1. The van der Waals surface area contributed by atoms with Crippen molar-refractivity contribution in [3.05, 3.63) is 51.2 Å². The Balaban J connectivity index is 2.43. The molecule has 0 radical (unpaired) electrons. The van der Waals surface area contributed by atoms with Crippen LogP contribution < -0.4 is 4.72 Å². The van der Waals surface area contributed by atoms with E-state index in [0.717, 1.165) is 0 Å². The number of anilines is 1. The van der Waals surface area contributed by atoms with Crippen molar-refractivity contribution < 1.29 is 8.42 Å². The Labute approximate surface area is 131 Å². The Bertz CT molecular complexity index is 763. The van der Waals surface area contributed by atoms with Gasteiger partial charge < -0.3 is 0 Å². The summed E-state index contributed by atoms with van der Waals surface area (Å²) in [5.41, 5.74) is 0.782. The summed E-state index contributed by atoms with van der Waals surface area (Å²) in [5.74, 6) is 0. The first-order valence-corrected chi connectivity index (χ1v) is 8.02. The molecule has 0 bridgehead atoms. The molecule has 0 saturated carbocycles. The Kier molecular flexibility index (Phi) is 4.44. The third-order valence-corrected chi connectivity index (χ3v) is 4.77. The van der Waals surface area contributed by atoms with Crippen LogP contribution in [-0.4, -0.2) is 13.4 Å². The summed E-state index contributed by atoms with van der Waals surface area (Å²) in [7, 11) is -3.85. The minimum atomic E-state index is -3.85. The Morgan fingerprint density at radius 1 is 1.10 bits per heavy atom. The molecular weight excluding hydrogens is 343 g/mol. The summed E-state index contributed by atoms with van der Waals surface area (Å²) < 4.78 is 27.0. The van der Waals surface area contributed by atoms with Crippen LogP contribution in [0, 0.1) is 6.92 Å². The number of hydrogen-bond donors (Lipinski definition) is 1. The number of aromatic nitrogens is 1. The van der Waals surface area contributed by atoms with Crippen molar-refractivity contribution in [2.75, 3.05) is 4.72 Å². The summed E-state index contributed by atoms with van der Waals surface area (Å²) in [5, 5.41) is 0.647. The highest BCUT2D eigenvalue weighted by Gasteiger charge is 2.19. The molecule has 1 aromatic heterocycles. The first-order chi connectivity index (χ1) is 9.29. The van der Waals surface area contributed by atoms with Crippen molar-refractivity contribution in [2.45, 2.75) is 11.8 Å². The van der Waals surface area contributed by atoms with Crippen LogP contribution in [0.2, 0.25) is 15.2 Å². The number of benzene rings is 1. The normalized spacial score (nSPS) is 11.4. The van der Waals surface area contributed by atoms with E-state index in [9.17, 15) is 8.42 Å². The molecule has 0 amide bonds. The molecule has 2 aromatic rings. The maximum Gasteiger partial charge on any atom is 0.263 e. The van der Waals surface area contributed by atoms with E-state index in [4.69, 9.17) is 34.8 Å². The monoisotopic (exact) mass is 350 g/mol. The van der Waals surface area contributed by atoms with Crippen LogP contribution >= 0.6 is 34.8 Å². The summed E-state index contributed by atoms with van der Waals surface area (Å²) in [6.45, 7) is 1.64. The number of sulfonamides is 1. The zero-order chi connectivity index (χ0) is 14.9. The molecule has 2 rings (SSSR count). The van der Waals surface area contributed by atoms with Gasteiger partial charge >= 0.3 is 0 Å². The first-order valence-electron chi connectivity index (χ1n) is 5.40. The second-order valence-corrected chi connectivity index (χ2v) is 6.83. The molecule has 0 aliphatic rings. The third kappa shape index (κ3) is 3.35. The standard InChI is InChI=1S/C12H9Cl3N2O2S/c1-7-10(4-5-12(15)16-7)17-20(18,19)11-6-8(13)2-3-9(11)14/h2-6,17H,1H3. The van der Waals surface area contributed by atoms with Gasteiger partial charge in [-0.25, -0.2) is 13.4 Å². The zero-order valence-corrected chi connectivity index (χ0v) is 13.3. The minimum Gasteiger partial charge on any atom is -0.278 e. The molecule has 0 spiro atoms. The maximum absolute atomic E-state index is 12.3. The molecule has 4 nitrogen and oxygen atoms in total. The summed E-state index contributed by atoms with van der Waals surface area (Å²) in [6.07, 6.45) is 0. The smallest absolute Gasteiger partial charge is 0.263 e.